The number of benzene rings is 3. The Labute approximate surface area is 249 Å². The maximum absolute atomic E-state index is 14.7. The molecule has 9 nitrogen and oxygen atoms in total. The van der Waals surface area contributed by atoms with Crippen molar-refractivity contribution in [3.8, 4) is 5.75 Å². The number of ether oxygens (including phenoxy) is 2. The highest BCUT2D eigenvalue weighted by molar-refractivity contribution is 6.31. The highest BCUT2D eigenvalue weighted by atomic mass is 35.5. The number of aryl methyl sites for hydroxylation is 1. The van der Waals surface area contributed by atoms with Crippen molar-refractivity contribution >= 4 is 29.3 Å². The number of nitro groups is 1. The molecular weight excluding hydrogens is 560 g/mol. The van der Waals surface area contributed by atoms with Gasteiger partial charge in [0.25, 0.3) is 5.91 Å². The van der Waals surface area contributed by atoms with Gasteiger partial charge in [0.2, 0.25) is 6.04 Å². The van der Waals surface area contributed by atoms with E-state index in [-0.39, 0.29) is 27.6 Å². The van der Waals surface area contributed by atoms with E-state index in [1.807, 2.05) is 31.2 Å². The molecule has 42 heavy (non-hydrogen) atoms. The molecule has 5 rings (SSSR count). The molecule has 1 aliphatic heterocycles. The Balaban J connectivity index is 1.80. The van der Waals surface area contributed by atoms with Crippen LogP contribution in [0.15, 0.2) is 66.7 Å². The first-order valence-electron chi connectivity index (χ1n) is 13.7. The number of imide groups is 1. The maximum Gasteiger partial charge on any atom is 0.421 e. The molecule has 10 heteroatoms. The molecule has 1 aliphatic carbocycles. The van der Waals surface area contributed by atoms with Crippen LogP contribution in [0.5, 0.6) is 5.75 Å². The van der Waals surface area contributed by atoms with E-state index < -0.39 is 47.0 Å². The van der Waals surface area contributed by atoms with E-state index in [1.165, 1.54) is 25.3 Å². The number of carbonyl (C=O) groups excluding carboxylic acids is 2. The van der Waals surface area contributed by atoms with Crippen molar-refractivity contribution in [2.75, 3.05) is 12.0 Å². The summed E-state index contributed by atoms with van der Waals surface area (Å²) < 4.78 is 10.9. The second-order valence-corrected chi connectivity index (χ2v) is 12.4. The predicted molar refractivity (Wildman–Crippen MR) is 158 cm³/mol. The molecule has 1 N–H and O–H groups in total. The minimum atomic E-state index is -1.91. The molecule has 5 atom stereocenters. The van der Waals surface area contributed by atoms with E-state index in [1.54, 1.807) is 45.0 Å². The Morgan fingerprint density at radius 2 is 1.69 bits per heavy atom. The van der Waals surface area contributed by atoms with Crippen molar-refractivity contribution in [3.05, 3.63) is 104 Å². The molecule has 3 aromatic carbocycles. The van der Waals surface area contributed by atoms with Crippen LogP contribution in [0.25, 0.3) is 0 Å². The number of hydrogen-bond donors (Lipinski definition) is 1. The summed E-state index contributed by atoms with van der Waals surface area (Å²) in [7, 11) is 1.51. The Bertz CT molecular complexity index is 1530. The molecule has 3 aromatic rings. The zero-order valence-electron chi connectivity index (χ0n) is 24.0. The first-order valence-corrected chi connectivity index (χ1v) is 14.1. The van der Waals surface area contributed by atoms with Crippen LogP contribution in [0.4, 0.5) is 10.5 Å². The molecule has 2 aliphatic rings. The first kappa shape index (κ1) is 29.5. The van der Waals surface area contributed by atoms with Gasteiger partial charge in [0.15, 0.2) is 0 Å². The fraction of sp³-hybridized carbons (Fsp3) is 0.375. The van der Waals surface area contributed by atoms with Crippen LogP contribution in [0.3, 0.4) is 0 Å². The topological polar surface area (TPSA) is 119 Å². The van der Waals surface area contributed by atoms with E-state index in [4.69, 9.17) is 21.1 Å². The number of fused-ring (bicyclic) bond motifs is 2. The fourth-order valence-electron chi connectivity index (χ4n) is 6.52. The van der Waals surface area contributed by atoms with Gasteiger partial charge < -0.3 is 14.6 Å². The minimum absolute atomic E-state index is 0.0960. The van der Waals surface area contributed by atoms with Crippen molar-refractivity contribution < 1.29 is 29.1 Å². The van der Waals surface area contributed by atoms with Crippen LogP contribution in [-0.2, 0) is 14.9 Å². The van der Waals surface area contributed by atoms with Gasteiger partial charge in [-0.15, -0.1) is 0 Å². The van der Waals surface area contributed by atoms with Crippen molar-refractivity contribution in [2.24, 2.45) is 0 Å². The van der Waals surface area contributed by atoms with Crippen molar-refractivity contribution in [1.29, 1.82) is 0 Å². The third kappa shape index (κ3) is 4.80. The van der Waals surface area contributed by atoms with Crippen LogP contribution < -0.4 is 9.64 Å². The van der Waals surface area contributed by atoms with Gasteiger partial charge in [0, 0.05) is 9.95 Å². The molecule has 1 heterocycles. The zero-order valence-corrected chi connectivity index (χ0v) is 24.8. The quantitative estimate of drug-likeness (QED) is 0.285. The van der Waals surface area contributed by atoms with Gasteiger partial charge in [-0.05, 0) is 81.1 Å². The molecule has 0 aromatic heterocycles. The van der Waals surface area contributed by atoms with Crippen LogP contribution in [0.1, 0.15) is 61.3 Å². The molecular formula is C32H33ClN2O7. The Morgan fingerprint density at radius 3 is 2.26 bits per heavy atom. The maximum atomic E-state index is 14.7. The molecule has 1 fully saturated rings. The van der Waals surface area contributed by atoms with Crippen molar-refractivity contribution in [3.63, 3.8) is 0 Å². The molecule has 0 saturated heterocycles. The second kappa shape index (κ2) is 10.7. The van der Waals surface area contributed by atoms with E-state index in [0.29, 0.717) is 16.9 Å². The average molecular weight is 593 g/mol. The summed E-state index contributed by atoms with van der Waals surface area (Å²) in [6, 6.07) is 17.2. The highest BCUT2D eigenvalue weighted by Crippen LogP contribution is 2.60. The number of hydrogen-bond acceptors (Lipinski definition) is 7. The van der Waals surface area contributed by atoms with Crippen molar-refractivity contribution in [1.82, 2.24) is 0 Å². The number of nitrogens with zero attached hydrogens (tertiary/aromatic N) is 2. The number of amides is 2. The minimum Gasteiger partial charge on any atom is -0.497 e. The van der Waals surface area contributed by atoms with Crippen LogP contribution in [0.2, 0.25) is 5.02 Å². The van der Waals surface area contributed by atoms with Crippen molar-refractivity contribution in [2.45, 2.75) is 69.1 Å². The number of aliphatic hydroxyl groups is 1. The number of carbonyl (C=O) groups is 2. The number of aliphatic hydroxyl groups excluding tert-OH is 1. The van der Waals surface area contributed by atoms with Gasteiger partial charge in [-0.25, -0.2) is 9.69 Å². The second-order valence-electron chi connectivity index (χ2n) is 11.9. The molecule has 1 saturated carbocycles. The largest absolute Gasteiger partial charge is 0.497 e. The van der Waals surface area contributed by atoms with Gasteiger partial charge in [-0.2, -0.15) is 0 Å². The number of rotatable bonds is 4. The molecule has 0 unspecified atom stereocenters. The predicted octanol–water partition coefficient (Wildman–Crippen LogP) is 6.15. The normalized spacial score (nSPS) is 25.3. The summed E-state index contributed by atoms with van der Waals surface area (Å²) in [4.78, 5) is 41.9. The summed E-state index contributed by atoms with van der Waals surface area (Å²) in [5, 5.41) is 25.5. The van der Waals surface area contributed by atoms with Gasteiger partial charge in [0.1, 0.15) is 16.8 Å². The SMILES string of the molecule is COc1ccc([C@H]2[C@H]([N+](=O)[O-])[C@H](c3ccc(C)cc3)C[C@@H](O)[C@@]23C(=O)N(C(=O)OC(C)(C)C)c2ccc(Cl)cc23)cc1. The Hall–Kier alpha value is -3.95. The lowest BCUT2D eigenvalue weighted by Gasteiger charge is -2.48. The van der Waals surface area contributed by atoms with Crippen LogP contribution in [0, 0.1) is 17.0 Å². The monoisotopic (exact) mass is 592 g/mol. The van der Waals surface area contributed by atoms with Gasteiger partial charge in [-0.1, -0.05) is 53.6 Å². The van der Waals surface area contributed by atoms with E-state index in [9.17, 15) is 24.8 Å². The molecule has 1 spiro atoms. The Kier molecular flexibility index (Phi) is 7.53. The highest BCUT2D eigenvalue weighted by Gasteiger charge is 2.69. The lowest BCUT2D eigenvalue weighted by molar-refractivity contribution is -0.537. The van der Waals surface area contributed by atoms with Gasteiger partial charge >= 0.3 is 6.09 Å². The van der Waals surface area contributed by atoms with Crippen LogP contribution >= 0.6 is 11.6 Å². The summed E-state index contributed by atoms with van der Waals surface area (Å²) in [5.41, 5.74) is -0.321. The van der Waals surface area contributed by atoms with E-state index in [0.717, 1.165) is 10.5 Å². The molecule has 220 valence electrons. The van der Waals surface area contributed by atoms with Gasteiger partial charge in [-0.3, -0.25) is 14.9 Å². The molecule has 2 amide bonds. The molecule has 0 bridgehead atoms. The summed E-state index contributed by atoms with van der Waals surface area (Å²) in [6.07, 6.45) is -2.45. The van der Waals surface area contributed by atoms with Gasteiger partial charge in [0.05, 0.1) is 30.7 Å². The van der Waals surface area contributed by atoms with E-state index in [2.05, 4.69) is 0 Å². The lowest BCUT2D eigenvalue weighted by atomic mass is 9.54. The van der Waals surface area contributed by atoms with E-state index >= 15 is 0 Å². The number of anilines is 1. The summed E-state index contributed by atoms with van der Waals surface area (Å²) in [6.45, 7) is 6.94. The average Bonchev–Trinajstić information content (AvgIpc) is 3.17. The number of methoxy groups -OCH3 is 1. The number of halogens is 1. The fourth-order valence-corrected chi connectivity index (χ4v) is 6.69. The van der Waals surface area contributed by atoms with Crippen LogP contribution in [-0.4, -0.2) is 46.9 Å². The summed E-state index contributed by atoms with van der Waals surface area (Å²) in [5.74, 6) is -2.20. The smallest absolute Gasteiger partial charge is 0.421 e. The zero-order chi connectivity index (χ0) is 30.6. The Morgan fingerprint density at radius 1 is 1.07 bits per heavy atom. The summed E-state index contributed by atoms with van der Waals surface area (Å²) >= 11 is 6.45. The first-order chi connectivity index (χ1) is 19.8. The standard InChI is InChI=1S/C32H33ClN2O7/c1-18-6-8-19(9-7-18)23-17-26(36)32(27(28(23)35(39)40)20-10-13-22(41-5)14-11-20)24-16-21(33)12-15-25(24)34(29(32)37)30(38)42-31(2,3)4/h6-16,23,26-28,36H,17H2,1-5H3/t23-,26+,27-,28+,32+/m0/s1. The third-order valence-electron chi connectivity index (χ3n) is 8.25. The molecule has 0 radical (unpaired) electrons. The third-order valence-corrected chi connectivity index (χ3v) is 8.48. The lowest BCUT2D eigenvalue weighted by Crippen LogP contribution is -2.62.